The van der Waals surface area contributed by atoms with E-state index in [1.54, 1.807) is 6.07 Å². The molecule has 1 atom stereocenters. The standard InChI is InChI=1S/C15H22ClNO3S/c1-11-7-14(9-16)8-15(13(11)3)21(18,19)17-5-4-6-20-12(2)10-17/h7-8,12H,4-6,9-10H2,1-3H3. The minimum absolute atomic E-state index is 0.0834. The molecule has 1 heterocycles. The number of nitrogens with zero attached hydrogens (tertiary/aromatic N) is 1. The Morgan fingerprint density at radius 3 is 2.76 bits per heavy atom. The summed E-state index contributed by atoms with van der Waals surface area (Å²) in [6.45, 7) is 7.16. The third-order valence-electron chi connectivity index (χ3n) is 3.87. The summed E-state index contributed by atoms with van der Waals surface area (Å²) in [4.78, 5) is 0.368. The number of rotatable bonds is 3. The molecule has 0 saturated carbocycles. The lowest BCUT2D eigenvalue weighted by Crippen LogP contribution is -2.36. The zero-order valence-corrected chi connectivity index (χ0v) is 14.3. The first-order valence-corrected chi connectivity index (χ1v) is 9.11. The van der Waals surface area contributed by atoms with Crippen LogP contribution >= 0.6 is 11.6 Å². The van der Waals surface area contributed by atoms with Gasteiger partial charge in [0.2, 0.25) is 10.0 Å². The molecule has 1 aliphatic rings. The lowest BCUT2D eigenvalue weighted by molar-refractivity contribution is 0.0752. The zero-order valence-electron chi connectivity index (χ0n) is 12.7. The first kappa shape index (κ1) is 16.7. The number of alkyl halides is 1. The minimum Gasteiger partial charge on any atom is -0.377 e. The Morgan fingerprint density at radius 1 is 1.38 bits per heavy atom. The van der Waals surface area contributed by atoms with Crippen LogP contribution in [-0.2, 0) is 20.6 Å². The van der Waals surface area contributed by atoms with Gasteiger partial charge < -0.3 is 4.74 Å². The first-order chi connectivity index (χ1) is 9.86. The summed E-state index contributed by atoms with van der Waals surface area (Å²) >= 11 is 5.88. The third-order valence-corrected chi connectivity index (χ3v) is 6.17. The molecule has 1 aliphatic heterocycles. The average molecular weight is 332 g/mol. The second-order valence-corrected chi connectivity index (χ2v) is 7.74. The fraction of sp³-hybridized carbons (Fsp3) is 0.600. The second kappa shape index (κ2) is 6.65. The predicted octanol–water partition coefficient (Wildman–Crippen LogP) is 2.84. The van der Waals surface area contributed by atoms with E-state index in [0.717, 1.165) is 23.1 Å². The van der Waals surface area contributed by atoms with Crippen LogP contribution in [0.5, 0.6) is 0 Å². The van der Waals surface area contributed by atoms with Gasteiger partial charge in [-0.3, -0.25) is 0 Å². The molecule has 4 nitrogen and oxygen atoms in total. The van der Waals surface area contributed by atoms with Crippen molar-refractivity contribution in [1.29, 1.82) is 0 Å². The highest BCUT2D eigenvalue weighted by molar-refractivity contribution is 7.89. The summed E-state index contributed by atoms with van der Waals surface area (Å²) in [5.74, 6) is 0.309. The van der Waals surface area contributed by atoms with E-state index in [1.807, 2.05) is 26.8 Å². The largest absolute Gasteiger partial charge is 0.377 e. The Labute approximate surface area is 132 Å². The van der Waals surface area contributed by atoms with Gasteiger partial charge >= 0.3 is 0 Å². The molecule has 6 heteroatoms. The minimum atomic E-state index is -3.51. The van der Waals surface area contributed by atoms with Crippen LogP contribution in [-0.4, -0.2) is 38.5 Å². The molecule has 0 spiro atoms. The zero-order chi connectivity index (χ0) is 15.6. The molecule has 118 valence electrons. The van der Waals surface area contributed by atoms with Crippen molar-refractivity contribution < 1.29 is 13.2 Å². The average Bonchev–Trinajstić information content (AvgIpc) is 2.66. The van der Waals surface area contributed by atoms with Crippen LogP contribution in [0.4, 0.5) is 0 Å². The van der Waals surface area contributed by atoms with Gasteiger partial charge in [0.15, 0.2) is 0 Å². The summed E-state index contributed by atoms with van der Waals surface area (Å²) in [6, 6.07) is 3.64. The molecular formula is C15H22ClNO3S. The van der Waals surface area contributed by atoms with E-state index < -0.39 is 10.0 Å². The van der Waals surface area contributed by atoms with Crippen LogP contribution in [0.2, 0.25) is 0 Å². The number of benzene rings is 1. The Balaban J connectivity index is 2.45. The van der Waals surface area contributed by atoms with Gasteiger partial charge in [-0.1, -0.05) is 6.07 Å². The van der Waals surface area contributed by atoms with Crippen LogP contribution in [0, 0.1) is 13.8 Å². The highest BCUT2D eigenvalue weighted by Gasteiger charge is 2.29. The molecule has 0 bridgehead atoms. The van der Waals surface area contributed by atoms with Gasteiger partial charge in [0, 0.05) is 25.6 Å². The van der Waals surface area contributed by atoms with Crippen molar-refractivity contribution in [2.24, 2.45) is 0 Å². The summed E-state index contributed by atoms with van der Waals surface area (Å²) in [5.41, 5.74) is 2.57. The molecule has 1 unspecified atom stereocenters. The van der Waals surface area contributed by atoms with E-state index >= 15 is 0 Å². The second-order valence-electron chi connectivity index (χ2n) is 5.57. The van der Waals surface area contributed by atoms with E-state index in [4.69, 9.17) is 16.3 Å². The fourth-order valence-electron chi connectivity index (χ4n) is 2.56. The van der Waals surface area contributed by atoms with Crippen molar-refractivity contribution in [2.75, 3.05) is 19.7 Å². The smallest absolute Gasteiger partial charge is 0.243 e. The van der Waals surface area contributed by atoms with Crippen LogP contribution in [0.15, 0.2) is 17.0 Å². The molecule has 1 aromatic rings. The molecule has 1 aromatic carbocycles. The van der Waals surface area contributed by atoms with Crippen molar-refractivity contribution in [1.82, 2.24) is 4.31 Å². The molecule has 0 N–H and O–H groups in total. The lowest BCUT2D eigenvalue weighted by Gasteiger charge is -2.23. The van der Waals surface area contributed by atoms with Gasteiger partial charge in [0.1, 0.15) is 0 Å². The molecule has 0 amide bonds. The van der Waals surface area contributed by atoms with Crippen LogP contribution in [0.3, 0.4) is 0 Å². The number of hydrogen-bond donors (Lipinski definition) is 0. The maximum atomic E-state index is 13.0. The van der Waals surface area contributed by atoms with Gasteiger partial charge in [-0.15, -0.1) is 11.6 Å². The number of hydrogen-bond acceptors (Lipinski definition) is 3. The van der Waals surface area contributed by atoms with Crippen molar-refractivity contribution in [3.8, 4) is 0 Å². The Hall–Kier alpha value is -0.620. The van der Waals surface area contributed by atoms with E-state index in [1.165, 1.54) is 4.31 Å². The quantitative estimate of drug-likeness (QED) is 0.800. The first-order valence-electron chi connectivity index (χ1n) is 7.14. The van der Waals surface area contributed by atoms with Crippen LogP contribution < -0.4 is 0 Å². The highest BCUT2D eigenvalue weighted by atomic mass is 35.5. The van der Waals surface area contributed by atoms with Crippen LogP contribution in [0.25, 0.3) is 0 Å². The number of aryl methyl sites for hydroxylation is 1. The SMILES string of the molecule is Cc1cc(CCl)cc(S(=O)(=O)N2CCCOC(C)C2)c1C. The van der Waals surface area contributed by atoms with Gasteiger partial charge in [0.25, 0.3) is 0 Å². The highest BCUT2D eigenvalue weighted by Crippen LogP contribution is 2.26. The molecule has 0 aliphatic carbocycles. The lowest BCUT2D eigenvalue weighted by atomic mass is 10.1. The van der Waals surface area contributed by atoms with Gasteiger partial charge in [-0.25, -0.2) is 8.42 Å². The van der Waals surface area contributed by atoms with Gasteiger partial charge in [0.05, 0.1) is 11.0 Å². The maximum absolute atomic E-state index is 13.0. The van der Waals surface area contributed by atoms with Crippen molar-refractivity contribution in [2.45, 2.75) is 44.1 Å². The summed E-state index contributed by atoms with van der Waals surface area (Å²) in [5, 5.41) is 0. The van der Waals surface area contributed by atoms with Gasteiger partial charge in [-0.2, -0.15) is 4.31 Å². The van der Waals surface area contributed by atoms with E-state index in [9.17, 15) is 8.42 Å². The van der Waals surface area contributed by atoms with Crippen molar-refractivity contribution in [3.05, 3.63) is 28.8 Å². The Morgan fingerprint density at radius 2 is 2.10 bits per heavy atom. The number of sulfonamides is 1. The number of ether oxygens (including phenoxy) is 1. The Bertz CT molecular complexity index is 616. The van der Waals surface area contributed by atoms with Gasteiger partial charge in [-0.05, 0) is 49.9 Å². The summed E-state index contributed by atoms with van der Waals surface area (Å²) < 4.78 is 33.0. The topological polar surface area (TPSA) is 46.6 Å². The van der Waals surface area contributed by atoms with E-state index in [2.05, 4.69) is 0 Å². The third kappa shape index (κ3) is 3.59. The Kier molecular flexibility index (Phi) is 5.30. The van der Waals surface area contributed by atoms with Crippen molar-refractivity contribution in [3.63, 3.8) is 0 Å². The maximum Gasteiger partial charge on any atom is 0.243 e. The molecule has 21 heavy (non-hydrogen) atoms. The normalized spacial score (nSPS) is 21.2. The molecular weight excluding hydrogens is 310 g/mol. The van der Waals surface area contributed by atoms with Crippen LogP contribution in [0.1, 0.15) is 30.0 Å². The number of halogens is 1. The monoisotopic (exact) mass is 331 g/mol. The molecule has 0 aromatic heterocycles. The van der Waals surface area contributed by atoms with Crippen molar-refractivity contribution >= 4 is 21.6 Å². The summed E-state index contributed by atoms with van der Waals surface area (Å²) in [6.07, 6.45) is 0.636. The molecule has 1 fully saturated rings. The molecule has 0 radical (unpaired) electrons. The molecule has 1 saturated heterocycles. The van der Waals surface area contributed by atoms with E-state index in [0.29, 0.717) is 30.5 Å². The predicted molar refractivity (Wildman–Crippen MR) is 84.3 cm³/mol. The molecule has 2 rings (SSSR count). The summed E-state index contributed by atoms with van der Waals surface area (Å²) in [7, 11) is -3.51. The van der Waals surface area contributed by atoms with E-state index in [-0.39, 0.29) is 6.10 Å². The fourth-order valence-corrected chi connectivity index (χ4v) is 4.61.